The van der Waals surface area contributed by atoms with E-state index in [1.165, 1.54) is 19.1 Å². The smallest absolute Gasteiger partial charge is 0.328 e. The van der Waals surface area contributed by atoms with Crippen molar-refractivity contribution in [2.45, 2.75) is 19.5 Å². The number of amides is 2. The van der Waals surface area contributed by atoms with Gasteiger partial charge in [-0.3, -0.25) is 9.59 Å². The molecule has 0 bridgehead atoms. The van der Waals surface area contributed by atoms with Gasteiger partial charge in [0.05, 0.1) is 0 Å². The number of halogens is 1. The third-order valence-corrected chi connectivity index (χ3v) is 3.49. The molecule has 0 aliphatic heterocycles. The zero-order valence-electron chi connectivity index (χ0n) is 14.2. The van der Waals surface area contributed by atoms with Crippen LogP contribution < -0.4 is 10.6 Å². The molecule has 0 saturated heterocycles. The SMILES string of the molecule is C[C@H](NC(=O)c1ccccc1)C(=O)OCC(=O)NCc1ccc(F)cc1. The summed E-state index contributed by atoms with van der Waals surface area (Å²) in [5.74, 6) is -1.98. The van der Waals surface area contributed by atoms with Gasteiger partial charge in [-0.05, 0) is 36.8 Å². The molecule has 0 unspecified atom stereocenters. The molecule has 2 N–H and O–H groups in total. The Morgan fingerprint density at radius 2 is 1.69 bits per heavy atom. The van der Waals surface area contributed by atoms with Crippen molar-refractivity contribution >= 4 is 17.8 Å². The second-order valence-electron chi connectivity index (χ2n) is 5.57. The molecule has 7 heteroatoms. The summed E-state index contributed by atoms with van der Waals surface area (Å²) in [7, 11) is 0. The molecule has 136 valence electrons. The van der Waals surface area contributed by atoms with Crippen LogP contribution in [0.15, 0.2) is 54.6 Å². The molecule has 1 atom stereocenters. The Bertz CT molecular complexity index is 763. The maximum absolute atomic E-state index is 12.8. The lowest BCUT2D eigenvalue weighted by Gasteiger charge is -2.13. The van der Waals surface area contributed by atoms with E-state index in [1.54, 1.807) is 42.5 Å². The third-order valence-electron chi connectivity index (χ3n) is 3.49. The fraction of sp³-hybridized carbons (Fsp3) is 0.211. The van der Waals surface area contributed by atoms with Crippen LogP contribution in [-0.4, -0.2) is 30.4 Å². The average molecular weight is 358 g/mol. The van der Waals surface area contributed by atoms with E-state index in [0.29, 0.717) is 5.56 Å². The van der Waals surface area contributed by atoms with Gasteiger partial charge in [-0.25, -0.2) is 9.18 Å². The zero-order chi connectivity index (χ0) is 18.9. The van der Waals surface area contributed by atoms with Crippen molar-refractivity contribution in [2.75, 3.05) is 6.61 Å². The number of hydrogen-bond donors (Lipinski definition) is 2. The normalized spacial score (nSPS) is 11.3. The van der Waals surface area contributed by atoms with Crippen molar-refractivity contribution in [3.8, 4) is 0 Å². The Morgan fingerprint density at radius 1 is 1.04 bits per heavy atom. The van der Waals surface area contributed by atoms with Crippen LogP contribution in [0.1, 0.15) is 22.8 Å². The Labute approximate surface area is 150 Å². The summed E-state index contributed by atoms with van der Waals surface area (Å²) >= 11 is 0. The molecular formula is C19H19FN2O4. The highest BCUT2D eigenvalue weighted by Gasteiger charge is 2.18. The molecule has 0 fully saturated rings. The predicted molar refractivity (Wildman–Crippen MR) is 92.6 cm³/mol. The largest absolute Gasteiger partial charge is 0.454 e. The molecule has 2 aromatic rings. The molecule has 0 heterocycles. The van der Waals surface area contributed by atoms with Crippen LogP contribution in [0.2, 0.25) is 0 Å². The molecule has 0 aliphatic rings. The number of nitrogens with one attached hydrogen (secondary N) is 2. The lowest BCUT2D eigenvalue weighted by Crippen LogP contribution is -2.40. The Morgan fingerprint density at radius 3 is 2.35 bits per heavy atom. The lowest BCUT2D eigenvalue weighted by molar-refractivity contribution is -0.150. The van der Waals surface area contributed by atoms with Crippen LogP contribution in [0.4, 0.5) is 4.39 Å². The standard InChI is InChI=1S/C19H19FN2O4/c1-13(22-18(24)15-5-3-2-4-6-15)19(25)26-12-17(23)21-11-14-7-9-16(20)10-8-14/h2-10,13H,11-12H2,1H3,(H,21,23)(H,22,24)/t13-/m0/s1. The first-order valence-electron chi connectivity index (χ1n) is 7.99. The minimum Gasteiger partial charge on any atom is -0.454 e. The predicted octanol–water partition coefficient (Wildman–Crippen LogP) is 1.80. The number of ether oxygens (including phenoxy) is 1. The van der Waals surface area contributed by atoms with Crippen LogP contribution in [0.3, 0.4) is 0 Å². The number of carbonyl (C=O) groups is 3. The summed E-state index contributed by atoms with van der Waals surface area (Å²) in [5.41, 5.74) is 1.14. The highest BCUT2D eigenvalue weighted by Crippen LogP contribution is 2.02. The highest BCUT2D eigenvalue weighted by molar-refractivity contribution is 5.96. The Kier molecular flexibility index (Phi) is 6.84. The topological polar surface area (TPSA) is 84.5 Å². The fourth-order valence-corrected chi connectivity index (χ4v) is 2.04. The molecule has 6 nitrogen and oxygen atoms in total. The molecule has 0 aromatic heterocycles. The van der Waals surface area contributed by atoms with E-state index in [2.05, 4.69) is 10.6 Å². The molecular weight excluding hydrogens is 339 g/mol. The molecule has 0 aliphatic carbocycles. The van der Waals surface area contributed by atoms with Gasteiger partial charge >= 0.3 is 5.97 Å². The summed E-state index contributed by atoms with van der Waals surface area (Å²) in [6.45, 7) is 1.20. The maximum atomic E-state index is 12.8. The van der Waals surface area contributed by atoms with Crippen LogP contribution in [-0.2, 0) is 20.9 Å². The van der Waals surface area contributed by atoms with E-state index in [0.717, 1.165) is 5.56 Å². The van der Waals surface area contributed by atoms with Gasteiger partial charge in [-0.1, -0.05) is 30.3 Å². The van der Waals surface area contributed by atoms with Crippen LogP contribution in [0, 0.1) is 5.82 Å². The van der Waals surface area contributed by atoms with E-state index in [9.17, 15) is 18.8 Å². The van der Waals surface area contributed by atoms with E-state index in [1.807, 2.05) is 0 Å². The Balaban J connectivity index is 1.72. The summed E-state index contributed by atoms with van der Waals surface area (Å²) in [4.78, 5) is 35.5. The second-order valence-corrected chi connectivity index (χ2v) is 5.57. The molecule has 26 heavy (non-hydrogen) atoms. The zero-order valence-corrected chi connectivity index (χ0v) is 14.2. The van der Waals surface area contributed by atoms with Crippen molar-refractivity contribution in [3.05, 3.63) is 71.5 Å². The molecule has 0 spiro atoms. The van der Waals surface area contributed by atoms with Gasteiger partial charge in [0.1, 0.15) is 11.9 Å². The first-order valence-corrected chi connectivity index (χ1v) is 7.99. The van der Waals surface area contributed by atoms with Crippen molar-refractivity contribution in [3.63, 3.8) is 0 Å². The summed E-state index contributed by atoms with van der Waals surface area (Å²) in [6, 6.07) is 13.2. The van der Waals surface area contributed by atoms with E-state index >= 15 is 0 Å². The van der Waals surface area contributed by atoms with E-state index in [-0.39, 0.29) is 12.4 Å². The van der Waals surface area contributed by atoms with Gasteiger partial charge in [0.25, 0.3) is 11.8 Å². The number of hydrogen-bond acceptors (Lipinski definition) is 4. The number of esters is 1. The van der Waals surface area contributed by atoms with Crippen molar-refractivity contribution in [1.29, 1.82) is 0 Å². The highest BCUT2D eigenvalue weighted by atomic mass is 19.1. The first kappa shape index (κ1) is 19.1. The quantitative estimate of drug-likeness (QED) is 0.739. The molecule has 0 saturated carbocycles. The monoisotopic (exact) mass is 358 g/mol. The van der Waals surface area contributed by atoms with Crippen LogP contribution >= 0.6 is 0 Å². The van der Waals surface area contributed by atoms with Crippen molar-refractivity contribution in [1.82, 2.24) is 10.6 Å². The van der Waals surface area contributed by atoms with Crippen molar-refractivity contribution in [2.24, 2.45) is 0 Å². The summed E-state index contributed by atoms with van der Waals surface area (Å²) in [6.07, 6.45) is 0. The van der Waals surface area contributed by atoms with Gasteiger partial charge in [-0.15, -0.1) is 0 Å². The summed E-state index contributed by atoms with van der Waals surface area (Å²) in [5, 5.41) is 5.06. The first-order chi connectivity index (χ1) is 12.5. The van der Waals surface area contributed by atoms with Crippen molar-refractivity contribution < 1.29 is 23.5 Å². The number of benzene rings is 2. The van der Waals surface area contributed by atoms with Gasteiger partial charge in [0.15, 0.2) is 6.61 Å². The number of rotatable bonds is 7. The Hall–Kier alpha value is -3.22. The molecule has 2 aromatic carbocycles. The second kappa shape index (κ2) is 9.31. The lowest BCUT2D eigenvalue weighted by atomic mass is 10.2. The van der Waals surface area contributed by atoms with E-state index in [4.69, 9.17) is 4.74 Å². The van der Waals surface area contributed by atoms with Crippen LogP contribution in [0.25, 0.3) is 0 Å². The fourth-order valence-electron chi connectivity index (χ4n) is 2.04. The minimum absolute atomic E-state index is 0.191. The number of carbonyl (C=O) groups excluding carboxylic acids is 3. The third kappa shape index (κ3) is 6.01. The molecule has 0 radical (unpaired) electrons. The van der Waals surface area contributed by atoms with E-state index < -0.39 is 30.4 Å². The molecule has 2 amide bonds. The van der Waals surface area contributed by atoms with Crippen LogP contribution in [0.5, 0.6) is 0 Å². The average Bonchev–Trinajstić information content (AvgIpc) is 2.66. The van der Waals surface area contributed by atoms with Gasteiger partial charge < -0.3 is 15.4 Å². The summed E-state index contributed by atoms with van der Waals surface area (Å²) < 4.78 is 17.7. The molecule has 2 rings (SSSR count). The van der Waals surface area contributed by atoms with Gasteiger partial charge in [-0.2, -0.15) is 0 Å². The van der Waals surface area contributed by atoms with Gasteiger partial charge in [0, 0.05) is 12.1 Å². The van der Waals surface area contributed by atoms with Gasteiger partial charge in [0.2, 0.25) is 0 Å². The minimum atomic E-state index is -0.896. The maximum Gasteiger partial charge on any atom is 0.328 e.